The van der Waals surface area contributed by atoms with Crippen molar-refractivity contribution in [1.82, 2.24) is 4.72 Å². The summed E-state index contributed by atoms with van der Waals surface area (Å²) < 4.78 is 31.4. The highest BCUT2D eigenvalue weighted by molar-refractivity contribution is 7.89. The zero-order valence-corrected chi connectivity index (χ0v) is 13.5. The van der Waals surface area contributed by atoms with Crippen LogP contribution in [0, 0.1) is 6.92 Å². The van der Waals surface area contributed by atoms with Crippen molar-refractivity contribution in [2.24, 2.45) is 0 Å². The van der Waals surface area contributed by atoms with Gasteiger partial charge in [0.2, 0.25) is 10.9 Å². The molecule has 120 valence electrons. The van der Waals surface area contributed by atoms with Crippen LogP contribution in [0.15, 0.2) is 32.4 Å². The normalized spacial score (nSPS) is 14.7. The first-order valence-electron chi connectivity index (χ1n) is 6.22. The van der Waals surface area contributed by atoms with E-state index < -0.39 is 32.4 Å². The van der Waals surface area contributed by atoms with Crippen LogP contribution in [0.3, 0.4) is 0 Å². The Labute approximate surface area is 131 Å². The fourth-order valence-corrected chi connectivity index (χ4v) is 3.70. The Morgan fingerprint density at radius 2 is 2.18 bits per heavy atom. The minimum Gasteiger partial charge on any atom is -0.475 e. The minimum atomic E-state index is -4.06. The van der Waals surface area contributed by atoms with E-state index in [2.05, 4.69) is 4.72 Å². The summed E-state index contributed by atoms with van der Waals surface area (Å²) in [5.74, 6) is -1.77. The van der Waals surface area contributed by atoms with Gasteiger partial charge in [0, 0.05) is 18.2 Å². The summed E-state index contributed by atoms with van der Waals surface area (Å²) in [4.78, 5) is 10.9. The number of thiophene rings is 1. The van der Waals surface area contributed by atoms with E-state index in [-0.39, 0.29) is 12.1 Å². The highest BCUT2D eigenvalue weighted by atomic mass is 32.2. The molecule has 2 aromatic heterocycles. The Bertz CT molecular complexity index is 774. The molecule has 0 aliphatic rings. The molecular weight excluding hydrogens is 330 g/mol. The molecule has 2 aromatic rings. The van der Waals surface area contributed by atoms with Crippen LogP contribution in [-0.2, 0) is 15.6 Å². The molecule has 1 unspecified atom stereocenters. The summed E-state index contributed by atoms with van der Waals surface area (Å²) in [6.07, 6.45) is 0. The number of carbonyl (C=O) groups is 1. The molecule has 22 heavy (non-hydrogen) atoms. The molecular formula is C13H15NO6S2. The second-order valence-corrected chi connectivity index (χ2v) is 7.47. The van der Waals surface area contributed by atoms with Crippen LogP contribution in [-0.4, -0.2) is 31.1 Å². The third-order valence-corrected chi connectivity index (χ3v) is 5.04. The van der Waals surface area contributed by atoms with Crippen LogP contribution in [0.4, 0.5) is 0 Å². The van der Waals surface area contributed by atoms with Gasteiger partial charge < -0.3 is 14.6 Å². The van der Waals surface area contributed by atoms with Gasteiger partial charge in [-0.2, -0.15) is 11.3 Å². The average molecular weight is 345 g/mol. The number of rotatable bonds is 6. The van der Waals surface area contributed by atoms with Gasteiger partial charge in [-0.25, -0.2) is 17.9 Å². The van der Waals surface area contributed by atoms with E-state index >= 15 is 0 Å². The summed E-state index contributed by atoms with van der Waals surface area (Å²) in [5.41, 5.74) is -0.593. The van der Waals surface area contributed by atoms with Gasteiger partial charge >= 0.3 is 5.97 Å². The smallest absolute Gasteiger partial charge is 0.372 e. The number of sulfonamides is 1. The van der Waals surface area contributed by atoms with Gasteiger partial charge in [-0.3, -0.25) is 0 Å². The molecule has 0 aromatic carbocycles. The number of carboxylic acid groups (broad SMARTS) is 1. The third-order valence-electron chi connectivity index (χ3n) is 3.10. The molecule has 0 saturated carbocycles. The van der Waals surface area contributed by atoms with Crippen molar-refractivity contribution in [3.63, 3.8) is 0 Å². The van der Waals surface area contributed by atoms with Crippen LogP contribution >= 0.6 is 11.3 Å². The second kappa shape index (κ2) is 5.84. The van der Waals surface area contributed by atoms with Crippen molar-refractivity contribution < 1.29 is 27.8 Å². The lowest BCUT2D eigenvalue weighted by molar-refractivity contribution is 0.0625. The molecule has 3 N–H and O–H groups in total. The van der Waals surface area contributed by atoms with Gasteiger partial charge in [-0.05, 0) is 36.2 Å². The maximum absolute atomic E-state index is 12.1. The molecule has 1 atom stereocenters. The molecule has 0 fully saturated rings. The molecule has 0 amide bonds. The zero-order chi connectivity index (χ0) is 16.5. The highest BCUT2D eigenvalue weighted by Crippen LogP contribution is 2.24. The average Bonchev–Trinajstić information content (AvgIpc) is 3.05. The highest BCUT2D eigenvalue weighted by Gasteiger charge is 2.29. The van der Waals surface area contributed by atoms with Crippen LogP contribution in [0.25, 0.3) is 0 Å². The number of nitrogens with one attached hydrogen (secondary N) is 1. The summed E-state index contributed by atoms with van der Waals surface area (Å²) >= 11 is 1.38. The lowest BCUT2D eigenvalue weighted by Gasteiger charge is -2.22. The van der Waals surface area contributed by atoms with Crippen LogP contribution in [0.1, 0.15) is 28.6 Å². The standard InChI is InChI=1S/C13H15NO6S2/c1-8-5-10(20-11(8)12(15)16)22(18,19)14-7-13(2,17)9-3-4-21-6-9/h3-6,14,17H,7H2,1-2H3,(H,15,16). The first kappa shape index (κ1) is 16.7. The van der Waals surface area contributed by atoms with Crippen LogP contribution in [0.2, 0.25) is 0 Å². The molecule has 0 aliphatic heterocycles. The van der Waals surface area contributed by atoms with Crippen LogP contribution < -0.4 is 4.72 Å². The molecule has 0 saturated heterocycles. The van der Waals surface area contributed by atoms with Crippen molar-refractivity contribution >= 4 is 27.3 Å². The molecule has 0 aliphatic carbocycles. The Morgan fingerprint density at radius 1 is 1.50 bits per heavy atom. The number of aliphatic hydroxyl groups is 1. The van der Waals surface area contributed by atoms with Crippen molar-refractivity contribution in [1.29, 1.82) is 0 Å². The van der Waals surface area contributed by atoms with E-state index in [0.29, 0.717) is 5.56 Å². The number of carboxylic acids is 1. The van der Waals surface area contributed by atoms with E-state index in [9.17, 15) is 18.3 Å². The molecule has 0 spiro atoms. The van der Waals surface area contributed by atoms with Gasteiger partial charge in [0.15, 0.2) is 0 Å². The van der Waals surface area contributed by atoms with Crippen molar-refractivity contribution in [2.45, 2.75) is 24.5 Å². The van der Waals surface area contributed by atoms with E-state index in [4.69, 9.17) is 9.52 Å². The van der Waals surface area contributed by atoms with Gasteiger partial charge in [-0.15, -0.1) is 0 Å². The molecule has 9 heteroatoms. The summed E-state index contributed by atoms with van der Waals surface area (Å²) in [7, 11) is -4.06. The van der Waals surface area contributed by atoms with Gasteiger partial charge in [0.1, 0.15) is 5.60 Å². The molecule has 7 nitrogen and oxygen atoms in total. The van der Waals surface area contributed by atoms with E-state index in [0.717, 1.165) is 6.07 Å². The Balaban J connectivity index is 2.18. The maximum Gasteiger partial charge on any atom is 0.372 e. The van der Waals surface area contributed by atoms with E-state index in [1.54, 1.807) is 16.8 Å². The first-order valence-corrected chi connectivity index (χ1v) is 8.64. The van der Waals surface area contributed by atoms with E-state index in [1.165, 1.54) is 25.2 Å². The fourth-order valence-electron chi connectivity index (χ4n) is 1.78. The van der Waals surface area contributed by atoms with Gasteiger partial charge in [-0.1, -0.05) is 0 Å². The molecule has 0 bridgehead atoms. The monoisotopic (exact) mass is 345 g/mol. The topological polar surface area (TPSA) is 117 Å². The van der Waals surface area contributed by atoms with Gasteiger partial charge in [0.05, 0.1) is 0 Å². The predicted octanol–water partition coefficient (Wildman–Crippen LogP) is 1.53. The molecule has 0 radical (unpaired) electrons. The number of furan rings is 1. The zero-order valence-electron chi connectivity index (χ0n) is 11.9. The SMILES string of the molecule is Cc1cc(S(=O)(=O)NCC(C)(O)c2ccsc2)oc1C(=O)O. The lowest BCUT2D eigenvalue weighted by atomic mass is 10.0. The van der Waals surface area contributed by atoms with E-state index in [1.807, 2.05) is 0 Å². The van der Waals surface area contributed by atoms with Crippen molar-refractivity contribution in [3.05, 3.63) is 39.8 Å². The minimum absolute atomic E-state index is 0.206. The Hall–Kier alpha value is -1.68. The Kier molecular flexibility index (Phi) is 4.43. The lowest BCUT2D eigenvalue weighted by Crippen LogP contribution is -2.38. The third kappa shape index (κ3) is 3.38. The fraction of sp³-hybridized carbons (Fsp3) is 0.308. The van der Waals surface area contributed by atoms with Gasteiger partial charge in [0.25, 0.3) is 10.0 Å². The number of hydrogen-bond acceptors (Lipinski definition) is 6. The number of aryl methyl sites for hydroxylation is 1. The summed E-state index contributed by atoms with van der Waals surface area (Å²) in [6, 6.07) is 2.82. The molecule has 2 rings (SSSR count). The maximum atomic E-state index is 12.1. The van der Waals surface area contributed by atoms with Crippen LogP contribution in [0.5, 0.6) is 0 Å². The summed E-state index contributed by atoms with van der Waals surface area (Å²) in [5, 5.41) is 22.2. The predicted molar refractivity (Wildman–Crippen MR) is 79.5 cm³/mol. The Morgan fingerprint density at radius 3 is 2.68 bits per heavy atom. The van der Waals surface area contributed by atoms with Crippen molar-refractivity contribution in [2.75, 3.05) is 6.54 Å². The summed E-state index contributed by atoms with van der Waals surface area (Å²) in [6.45, 7) is 2.65. The number of aromatic carboxylic acids is 1. The van der Waals surface area contributed by atoms with Crippen molar-refractivity contribution in [3.8, 4) is 0 Å². The quantitative estimate of drug-likeness (QED) is 0.731. The molecule has 2 heterocycles. The first-order chi connectivity index (χ1) is 10.1. The second-order valence-electron chi connectivity index (χ2n) is 4.99. The largest absolute Gasteiger partial charge is 0.475 e. The number of hydrogen-bond donors (Lipinski definition) is 3.